The lowest BCUT2D eigenvalue weighted by Gasteiger charge is -2.22. The Kier molecular flexibility index (Phi) is 9.80. The van der Waals surface area contributed by atoms with Crippen molar-refractivity contribution in [2.45, 2.75) is 32.6 Å². The first-order valence-corrected chi connectivity index (χ1v) is 12.8. The fourth-order valence-corrected chi connectivity index (χ4v) is 4.09. The third-order valence-corrected chi connectivity index (χ3v) is 6.22. The molecule has 36 heavy (non-hydrogen) atoms. The van der Waals surface area contributed by atoms with Crippen molar-refractivity contribution in [1.82, 2.24) is 5.32 Å². The van der Waals surface area contributed by atoms with Gasteiger partial charge in [0.1, 0.15) is 5.75 Å². The Labute approximate surface area is 217 Å². The summed E-state index contributed by atoms with van der Waals surface area (Å²) in [5, 5.41) is 2.95. The summed E-state index contributed by atoms with van der Waals surface area (Å²) >= 11 is 0. The molecule has 1 N–H and O–H groups in total. The number of rotatable bonds is 12. The van der Waals surface area contributed by atoms with Crippen molar-refractivity contribution in [3.05, 3.63) is 89.5 Å². The zero-order chi connectivity index (χ0) is 26.1. The normalized spacial score (nSPS) is 11.0. The summed E-state index contributed by atoms with van der Waals surface area (Å²) in [7, 11) is 8.24. The predicted octanol–water partition coefficient (Wildman–Crippen LogP) is 5.93. The van der Waals surface area contributed by atoms with Crippen molar-refractivity contribution >= 4 is 17.3 Å². The van der Waals surface area contributed by atoms with Gasteiger partial charge in [0.15, 0.2) is 0 Å². The molecule has 0 saturated carbocycles. The Morgan fingerprint density at radius 1 is 0.750 bits per heavy atom. The Bertz CT molecular complexity index is 1020. The van der Waals surface area contributed by atoms with Gasteiger partial charge in [0, 0.05) is 58.4 Å². The van der Waals surface area contributed by atoms with E-state index in [1.54, 1.807) is 0 Å². The predicted molar refractivity (Wildman–Crippen MR) is 152 cm³/mol. The number of nitrogens with one attached hydrogen (secondary N) is 1. The molecule has 0 aromatic heterocycles. The van der Waals surface area contributed by atoms with Gasteiger partial charge in [-0.1, -0.05) is 50.2 Å². The van der Waals surface area contributed by atoms with Crippen LogP contribution in [0.15, 0.2) is 72.8 Å². The van der Waals surface area contributed by atoms with Crippen molar-refractivity contribution in [3.8, 4) is 5.75 Å². The summed E-state index contributed by atoms with van der Waals surface area (Å²) in [5.74, 6) is 1.50. The molecule has 3 rings (SSSR count). The second-order valence-corrected chi connectivity index (χ2v) is 10.1. The zero-order valence-electron chi connectivity index (χ0n) is 22.6. The highest BCUT2D eigenvalue weighted by Gasteiger charge is 2.17. The third kappa shape index (κ3) is 7.77. The molecule has 0 unspecified atom stereocenters. The van der Waals surface area contributed by atoms with E-state index in [-0.39, 0.29) is 11.8 Å². The fraction of sp³-hybridized carbons (Fsp3) is 0.387. The first-order valence-electron chi connectivity index (χ1n) is 12.8. The van der Waals surface area contributed by atoms with E-state index in [0.717, 1.165) is 12.3 Å². The quantitative estimate of drug-likeness (QED) is 0.254. The fourth-order valence-electron chi connectivity index (χ4n) is 4.09. The lowest BCUT2D eigenvalue weighted by atomic mass is 9.85. The van der Waals surface area contributed by atoms with Gasteiger partial charge in [-0.15, -0.1) is 0 Å². The second-order valence-electron chi connectivity index (χ2n) is 10.1. The highest BCUT2D eigenvalue weighted by molar-refractivity contribution is 5.75. The first kappa shape index (κ1) is 27.1. The Balaban J connectivity index is 1.72. The van der Waals surface area contributed by atoms with Crippen LogP contribution in [-0.4, -0.2) is 47.2 Å². The Morgan fingerprint density at radius 3 is 1.61 bits per heavy atom. The summed E-state index contributed by atoms with van der Waals surface area (Å²) in [6.07, 6.45) is 1.18. The smallest absolute Gasteiger partial charge is 0.220 e. The van der Waals surface area contributed by atoms with Gasteiger partial charge in [-0.3, -0.25) is 4.79 Å². The van der Waals surface area contributed by atoms with Gasteiger partial charge in [0.25, 0.3) is 0 Å². The van der Waals surface area contributed by atoms with E-state index < -0.39 is 0 Å². The van der Waals surface area contributed by atoms with Crippen molar-refractivity contribution in [3.63, 3.8) is 0 Å². The highest BCUT2D eigenvalue weighted by atomic mass is 16.5. The molecule has 0 atom stereocenters. The molecule has 3 aromatic rings. The molecule has 0 radical (unpaired) electrons. The Morgan fingerprint density at radius 2 is 1.19 bits per heavy atom. The molecule has 0 aliphatic carbocycles. The van der Waals surface area contributed by atoms with Crippen LogP contribution in [0.25, 0.3) is 0 Å². The van der Waals surface area contributed by atoms with E-state index >= 15 is 0 Å². The number of carbonyl (C=O) groups is 1. The molecule has 0 heterocycles. The summed E-state index contributed by atoms with van der Waals surface area (Å²) in [4.78, 5) is 16.1. The summed E-state index contributed by atoms with van der Waals surface area (Å²) in [5.41, 5.74) is 6.08. The van der Waals surface area contributed by atoms with Crippen LogP contribution >= 0.6 is 0 Å². The van der Waals surface area contributed by atoms with Crippen LogP contribution in [0.5, 0.6) is 5.75 Å². The van der Waals surface area contributed by atoms with Crippen LogP contribution in [0.4, 0.5) is 11.4 Å². The average molecular weight is 488 g/mol. The number of nitrogens with zero attached hydrogens (tertiary/aromatic N) is 2. The van der Waals surface area contributed by atoms with Crippen molar-refractivity contribution in [2.24, 2.45) is 5.92 Å². The molecule has 0 aliphatic heterocycles. The Hall–Kier alpha value is -3.47. The molecule has 0 spiro atoms. The van der Waals surface area contributed by atoms with E-state index in [2.05, 4.69) is 118 Å². The lowest BCUT2D eigenvalue weighted by Crippen LogP contribution is -2.27. The van der Waals surface area contributed by atoms with Gasteiger partial charge >= 0.3 is 0 Å². The van der Waals surface area contributed by atoms with E-state index in [1.165, 1.54) is 28.1 Å². The third-order valence-electron chi connectivity index (χ3n) is 6.22. The van der Waals surface area contributed by atoms with E-state index in [0.29, 0.717) is 25.4 Å². The monoisotopic (exact) mass is 487 g/mol. The average Bonchev–Trinajstić information content (AvgIpc) is 2.87. The molecule has 5 nitrogen and oxygen atoms in total. The molecule has 0 saturated heterocycles. The lowest BCUT2D eigenvalue weighted by molar-refractivity contribution is -0.121. The van der Waals surface area contributed by atoms with Crippen LogP contribution < -0.4 is 19.9 Å². The number of benzene rings is 3. The summed E-state index contributed by atoms with van der Waals surface area (Å²) < 4.78 is 5.92. The molecular weight excluding hydrogens is 446 g/mol. The molecule has 5 heteroatoms. The highest BCUT2D eigenvalue weighted by Crippen LogP contribution is 2.34. The molecule has 3 aromatic carbocycles. The standard InChI is InChI=1S/C31H41N3O2/c1-23(2)22-32-30(35)8-7-21-36-29-19-13-26(14-20-29)31(24-9-15-27(16-10-24)33(3)4)25-11-17-28(18-12-25)34(5)6/h9-20,23,31H,7-8,21-22H2,1-6H3,(H,32,35). The molecule has 0 fully saturated rings. The maximum absolute atomic E-state index is 11.9. The number of carbonyl (C=O) groups excluding carboxylic acids is 1. The number of hydrogen-bond donors (Lipinski definition) is 1. The molecular formula is C31H41N3O2. The number of ether oxygens (including phenoxy) is 1. The van der Waals surface area contributed by atoms with Crippen LogP contribution in [0, 0.1) is 5.92 Å². The van der Waals surface area contributed by atoms with E-state index in [1.807, 2.05) is 12.1 Å². The molecule has 0 aliphatic rings. The van der Waals surface area contributed by atoms with Gasteiger partial charge < -0.3 is 19.9 Å². The summed E-state index contributed by atoms with van der Waals surface area (Å²) in [6, 6.07) is 25.9. The van der Waals surface area contributed by atoms with Crippen LogP contribution in [0.2, 0.25) is 0 Å². The molecule has 1 amide bonds. The number of hydrogen-bond acceptors (Lipinski definition) is 4. The van der Waals surface area contributed by atoms with Gasteiger partial charge in [-0.2, -0.15) is 0 Å². The number of amides is 1. The van der Waals surface area contributed by atoms with Gasteiger partial charge in [-0.05, 0) is 65.4 Å². The minimum Gasteiger partial charge on any atom is -0.494 e. The topological polar surface area (TPSA) is 44.8 Å². The number of anilines is 2. The first-order chi connectivity index (χ1) is 17.2. The maximum atomic E-state index is 11.9. The second kappa shape index (κ2) is 13.0. The molecule has 0 bridgehead atoms. The van der Waals surface area contributed by atoms with Crippen molar-refractivity contribution in [2.75, 3.05) is 51.1 Å². The SMILES string of the molecule is CC(C)CNC(=O)CCCOc1ccc(C(c2ccc(N(C)C)cc2)c2ccc(N(C)C)cc2)cc1. The van der Waals surface area contributed by atoms with Crippen LogP contribution in [0.3, 0.4) is 0 Å². The van der Waals surface area contributed by atoms with Gasteiger partial charge in [0.05, 0.1) is 6.61 Å². The van der Waals surface area contributed by atoms with E-state index in [4.69, 9.17) is 4.74 Å². The summed E-state index contributed by atoms with van der Waals surface area (Å²) in [6.45, 7) is 5.43. The minimum absolute atomic E-state index is 0.0889. The molecule has 192 valence electrons. The van der Waals surface area contributed by atoms with Gasteiger partial charge in [-0.25, -0.2) is 0 Å². The maximum Gasteiger partial charge on any atom is 0.220 e. The van der Waals surface area contributed by atoms with E-state index in [9.17, 15) is 4.79 Å². The van der Waals surface area contributed by atoms with Crippen molar-refractivity contribution in [1.29, 1.82) is 0 Å². The van der Waals surface area contributed by atoms with Gasteiger partial charge in [0.2, 0.25) is 5.91 Å². The minimum atomic E-state index is 0.0889. The van der Waals surface area contributed by atoms with Crippen molar-refractivity contribution < 1.29 is 9.53 Å². The van der Waals surface area contributed by atoms with Crippen LogP contribution in [0.1, 0.15) is 49.3 Å². The largest absolute Gasteiger partial charge is 0.494 e. The van der Waals surface area contributed by atoms with Crippen LogP contribution in [-0.2, 0) is 4.79 Å². The zero-order valence-corrected chi connectivity index (χ0v) is 22.6.